The Morgan fingerprint density at radius 2 is 2.20 bits per heavy atom. The second kappa shape index (κ2) is 3.91. The summed E-state index contributed by atoms with van der Waals surface area (Å²) in [6, 6.07) is 0. The van der Waals surface area contributed by atoms with Crippen molar-refractivity contribution in [3.8, 4) is 0 Å². The zero-order valence-corrected chi connectivity index (χ0v) is 7.14. The van der Waals surface area contributed by atoms with E-state index < -0.39 is 5.60 Å². The molecule has 0 spiro atoms. The largest absolute Gasteiger partial charge is 0.386 e. The van der Waals surface area contributed by atoms with E-state index in [4.69, 9.17) is 4.74 Å². The molecule has 0 aromatic heterocycles. The zero-order valence-electron chi connectivity index (χ0n) is 7.14. The van der Waals surface area contributed by atoms with Crippen molar-refractivity contribution in [2.24, 2.45) is 0 Å². The first-order chi connectivity index (χ1) is 4.54. The average molecular weight is 147 g/mol. The SMILES string of the molecule is CNCC(C)(O)C(C)OC. The van der Waals surface area contributed by atoms with E-state index in [0.29, 0.717) is 6.54 Å². The summed E-state index contributed by atoms with van der Waals surface area (Å²) in [6.07, 6.45) is -0.139. The molecule has 62 valence electrons. The molecule has 0 heterocycles. The van der Waals surface area contributed by atoms with Crippen molar-refractivity contribution in [1.82, 2.24) is 5.32 Å². The van der Waals surface area contributed by atoms with Crippen molar-refractivity contribution in [3.63, 3.8) is 0 Å². The van der Waals surface area contributed by atoms with Crippen LogP contribution in [0.2, 0.25) is 0 Å². The fraction of sp³-hybridized carbons (Fsp3) is 1.00. The Labute approximate surface area is 62.4 Å². The summed E-state index contributed by atoms with van der Waals surface area (Å²) < 4.78 is 4.98. The Bertz CT molecular complexity index is 93.6. The molecule has 0 aromatic rings. The van der Waals surface area contributed by atoms with E-state index in [1.54, 1.807) is 21.1 Å². The molecule has 0 aliphatic carbocycles. The molecule has 0 aliphatic heterocycles. The number of likely N-dealkylation sites (N-methyl/N-ethyl adjacent to an activating group) is 1. The Kier molecular flexibility index (Phi) is 3.86. The molecule has 0 saturated heterocycles. The second-order valence-electron chi connectivity index (χ2n) is 2.77. The monoisotopic (exact) mass is 147 g/mol. The van der Waals surface area contributed by atoms with E-state index >= 15 is 0 Å². The van der Waals surface area contributed by atoms with Gasteiger partial charge in [-0.2, -0.15) is 0 Å². The molecular formula is C7H17NO2. The maximum absolute atomic E-state index is 9.60. The number of nitrogens with one attached hydrogen (secondary N) is 1. The maximum atomic E-state index is 9.60. The highest BCUT2D eigenvalue weighted by molar-refractivity contribution is 4.81. The molecule has 0 aromatic carbocycles. The van der Waals surface area contributed by atoms with Gasteiger partial charge in [-0.05, 0) is 20.9 Å². The molecule has 10 heavy (non-hydrogen) atoms. The number of ether oxygens (including phenoxy) is 1. The molecule has 0 bridgehead atoms. The van der Waals surface area contributed by atoms with Crippen LogP contribution in [-0.4, -0.2) is 37.5 Å². The predicted octanol–water partition coefficient (Wildman–Crippen LogP) is -0.00830. The molecule has 2 N–H and O–H groups in total. The zero-order chi connectivity index (χ0) is 8.20. The quantitative estimate of drug-likeness (QED) is 0.587. The first-order valence-electron chi connectivity index (χ1n) is 3.44. The summed E-state index contributed by atoms with van der Waals surface area (Å²) in [5, 5.41) is 12.5. The van der Waals surface area contributed by atoms with Gasteiger partial charge in [-0.3, -0.25) is 0 Å². The van der Waals surface area contributed by atoms with Crippen LogP contribution in [0, 0.1) is 0 Å². The van der Waals surface area contributed by atoms with Crippen molar-refractivity contribution < 1.29 is 9.84 Å². The van der Waals surface area contributed by atoms with Gasteiger partial charge in [0.15, 0.2) is 0 Å². The fourth-order valence-corrected chi connectivity index (χ4v) is 0.756. The van der Waals surface area contributed by atoms with Crippen LogP contribution in [0.1, 0.15) is 13.8 Å². The lowest BCUT2D eigenvalue weighted by atomic mass is 10.0. The molecule has 2 atom stereocenters. The van der Waals surface area contributed by atoms with Crippen LogP contribution in [0.5, 0.6) is 0 Å². The van der Waals surface area contributed by atoms with Crippen LogP contribution in [0.25, 0.3) is 0 Å². The molecule has 3 nitrogen and oxygen atoms in total. The smallest absolute Gasteiger partial charge is 0.100 e. The van der Waals surface area contributed by atoms with Gasteiger partial charge in [0.05, 0.1) is 6.10 Å². The van der Waals surface area contributed by atoms with Gasteiger partial charge in [-0.25, -0.2) is 0 Å². The van der Waals surface area contributed by atoms with Crippen molar-refractivity contribution in [2.75, 3.05) is 20.7 Å². The van der Waals surface area contributed by atoms with Crippen LogP contribution in [-0.2, 0) is 4.74 Å². The first kappa shape index (κ1) is 9.88. The maximum Gasteiger partial charge on any atom is 0.100 e. The highest BCUT2D eigenvalue weighted by Crippen LogP contribution is 2.10. The Morgan fingerprint density at radius 1 is 1.70 bits per heavy atom. The van der Waals surface area contributed by atoms with Crippen LogP contribution < -0.4 is 5.32 Å². The van der Waals surface area contributed by atoms with Gasteiger partial charge in [0.2, 0.25) is 0 Å². The molecule has 0 rings (SSSR count). The van der Waals surface area contributed by atoms with Crippen LogP contribution in [0.3, 0.4) is 0 Å². The molecule has 3 heteroatoms. The van der Waals surface area contributed by atoms with Crippen LogP contribution in [0.15, 0.2) is 0 Å². The van der Waals surface area contributed by atoms with E-state index in [2.05, 4.69) is 5.32 Å². The summed E-state index contributed by atoms with van der Waals surface area (Å²) in [5.74, 6) is 0. The number of methoxy groups -OCH3 is 1. The summed E-state index contributed by atoms with van der Waals surface area (Å²) in [4.78, 5) is 0. The van der Waals surface area contributed by atoms with Gasteiger partial charge in [-0.15, -0.1) is 0 Å². The topological polar surface area (TPSA) is 41.5 Å². The number of hydrogen-bond donors (Lipinski definition) is 2. The van der Waals surface area contributed by atoms with Gasteiger partial charge < -0.3 is 15.2 Å². The van der Waals surface area contributed by atoms with Crippen LogP contribution in [0.4, 0.5) is 0 Å². The van der Waals surface area contributed by atoms with E-state index in [1.165, 1.54) is 0 Å². The Balaban J connectivity index is 3.82. The van der Waals surface area contributed by atoms with Crippen molar-refractivity contribution in [1.29, 1.82) is 0 Å². The minimum Gasteiger partial charge on any atom is -0.386 e. The van der Waals surface area contributed by atoms with Crippen LogP contribution >= 0.6 is 0 Å². The Hall–Kier alpha value is -0.120. The third kappa shape index (κ3) is 2.64. The minimum absolute atomic E-state index is 0.139. The molecule has 0 amide bonds. The standard InChI is InChI=1S/C7H17NO2/c1-6(10-4)7(2,9)5-8-3/h6,8-9H,5H2,1-4H3. The van der Waals surface area contributed by atoms with Crippen molar-refractivity contribution in [3.05, 3.63) is 0 Å². The predicted molar refractivity (Wildman–Crippen MR) is 41.0 cm³/mol. The number of hydrogen-bond acceptors (Lipinski definition) is 3. The lowest BCUT2D eigenvalue weighted by molar-refractivity contribution is -0.0694. The van der Waals surface area contributed by atoms with Gasteiger partial charge in [0, 0.05) is 13.7 Å². The fourth-order valence-electron chi connectivity index (χ4n) is 0.756. The van der Waals surface area contributed by atoms with E-state index in [1.807, 2.05) is 6.92 Å². The minimum atomic E-state index is -0.774. The normalized spacial score (nSPS) is 20.1. The van der Waals surface area contributed by atoms with E-state index in [0.717, 1.165) is 0 Å². The third-order valence-corrected chi connectivity index (χ3v) is 1.76. The van der Waals surface area contributed by atoms with E-state index in [9.17, 15) is 5.11 Å². The molecule has 0 radical (unpaired) electrons. The molecular weight excluding hydrogens is 130 g/mol. The van der Waals surface area contributed by atoms with Gasteiger partial charge >= 0.3 is 0 Å². The summed E-state index contributed by atoms with van der Waals surface area (Å²) in [7, 11) is 3.39. The molecule has 0 fully saturated rings. The highest BCUT2D eigenvalue weighted by Gasteiger charge is 2.26. The van der Waals surface area contributed by atoms with Gasteiger partial charge in [0.1, 0.15) is 5.60 Å². The highest BCUT2D eigenvalue weighted by atomic mass is 16.5. The average Bonchev–Trinajstić information content (AvgIpc) is 1.86. The van der Waals surface area contributed by atoms with Gasteiger partial charge in [-0.1, -0.05) is 0 Å². The summed E-state index contributed by atoms with van der Waals surface area (Å²) >= 11 is 0. The Morgan fingerprint density at radius 3 is 2.50 bits per heavy atom. The summed E-state index contributed by atoms with van der Waals surface area (Å²) in [5.41, 5.74) is -0.774. The van der Waals surface area contributed by atoms with Crippen molar-refractivity contribution >= 4 is 0 Å². The molecule has 2 unspecified atom stereocenters. The summed E-state index contributed by atoms with van der Waals surface area (Å²) in [6.45, 7) is 4.14. The number of rotatable bonds is 4. The molecule has 0 saturated carbocycles. The molecule has 0 aliphatic rings. The lowest BCUT2D eigenvalue weighted by Crippen LogP contribution is -2.46. The second-order valence-corrected chi connectivity index (χ2v) is 2.77. The van der Waals surface area contributed by atoms with Gasteiger partial charge in [0.25, 0.3) is 0 Å². The first-order valence-corrected chi connectivity index (χ1v) is 3.44. The number of aliphatic hydroxyl groups is 1. The lowest BCUT2D eigenvalue weighted by Gasteiger charge is -2.28. The van der Waals surface area contributed by atoms with Crippen molar-refractivity contribution in [2.45, 2.75) is 25.6 Å². The van der Waals surface area contributed by atoms with E-state index in [-0.39, 0.29) is 6.10 Å². The third-order valence-electron chi connectivity index (χ3n) is 1.76.